The Hall–Kier alpha value is -2.41. The van der Waals surface area contributed by atoms with Crippen LogP contribution in [0.25, 0.3) is 11.6 Å². The first-order chi connectivity index (χ1) is 9.65. The van der Waals surface area contributed by atoms with Gasteiger partial charge in [-0.3, -0.25) is 0 Å². The highest BCUT2D eigenvalue weighted by atomic mass is 32.1. The van der Waals surface area contributed by atoms with Crippen molar-refractivity contribution >= 4 is 18.4 Å². The molecule has 0 aliphatic carbocycles. The number of furan rings is 1. The third kappa shape index (κ3) is 2.23. The zero-order chi connectivity index (χ0) is 14.1. The van der Waals surface area contributed by atoms with Crippen LogP contribution < -0.4 is 0 Å². The number of aromatic amines is 2. The number of aromatic nitrogens is 4. The van der Waals surface area contributed by atoms with Crippen molar-refractivity contribution in [3.63, 3.8) is 0 Å². The third-order valence-electron chi connectivity index (χ3n) is 2.89. The standard InChI is InChI=1S/C13H13N5OS/c1-8-6-10(9(2)15-8)7-14-18-12(16-17-13(18)20)11-4-3-5-19-11/h3-7,15H,1-2H3,(H,17,20)/b14-7+. The van der Waals surface area contributed by atoms with E-state index in [2.05, 4.69) is 20.3 Å². The van der Waals surface area contributed by atoms with E-state index in [1.807, 2.05) is 26.0 Å². The second-order valence-electron chi connectivity index (χ2n) is 4.42. The number of aryl methyl sites for hydroxylation is 2. The van der Waals surface area contributed by atoms with E-state index in [-0.39, 0.29) is 0 Å². The molecular weight excluding hydrogens is 274 g/mol. The first-order valence-electron chi connectivity index (χ1n) is 6.07. The Morgan fingerprint density at radius 3 is 2.95 bits per heavy atom. The van der Waals surface area contributed by atoms with Gasteiger partial charge in [0.05, 0.1) is 12.5 Å². The molecule has 0 aromatic carbocycles. The Morgan fingerprint density at radius 1 is 1.45 bits per heavy atom. The highest BCUT2D eigenvalue weighted by molar-refractivity contribution is 7.71. The Labute approximate surface area is 120 Å². The van der Waals surface area contributed by atoms with Crippen molar-refractivity contribution in [2.24, 2.45) is 5.10 Å². The zero-order valence-corrected chi connectivity index (χ0v) is 11.9. The van der Waals surface area contributed by atoms with Crippen molar-refractivity contribution in [1.82, 2.24) is 19.9 Å². The maximum Gasteiger partial charge on any atom is 0.219 e. The summed E-state index contributed by atoms with van der Waals surface area (Å²) >= 11 is 5.18. The molecule has 0 atom stereocenters. The molecule has 0 amide bonds. The molecule has 3 heterocycles. The summed E-state index contributed by atoms with van der Waals surface area (Å²) in [6, 6.07) is 5.62. The number of hydrogen-bond acceptors (Lipinski definition) is 4. The lowest BCUT2D eigenvalue weighted by atomic mass is 10.3. The molecule has 2 N–H and O–H groups in total. The quantitative estimate of drug-likeness (QED) is 0.574. The lowest BCUT2D eigenvalue weighted by Gasteiger charge is -1.96. The molecule has 0 spiro atoms. The van der Waals surface area contributed by atoms with Gasteiger partial charge in [0.1, 0.15) is 0 Å². The average Bonchev–Trinajstić information content (AvgIpc) is 3.09. The summed E-state index contributed by atoms with van der Waals surface area (Å²) in [7, 11) is 0. The van der Waals surface area contributed by atoms with Crippen LogP contribution in [-0.2, 0) is 0 Å². The fourth-order valence-corrected chi connectivity index (χ4v) is 2.14. The van der Waals surface area contributed by atoms with Crippen LogP contribution in [0.5, 0.6) is 0 Å². The van der Waals surface area contributed by atoms with Gasteiger partial charge in [-0.15, -0.1) is 5.10 Å². The van der Waals surface area contributed by atoms with Crippen molar-refractivity contribution < 1.29 is 4.42 Å². The molecule has 0 unspecified atom stereocenters. The molecule has 6 nitrogen and oxygen atoms in total. The van der Waals surface area contributed by atoms with Crippen LogP contribution in [0, 0.1) is 18.6 Å². The summed E-state index contributed by atoms with van der Waals surface area (Å²) in [5.41, 5.74) is 3.16. The first kappa shape index (κ1) is 12.6. The van der Waals surface area contributed by atoms with Gasteiger partial charge in [-0.05, 0) is 44.3 Å². The van der Waals surface area contributed by atoms with E-state index < -0.39 is 0 Å². The number of hydrogen-bond donors (Lipinski definition) is 2. The fourth-order valence-electron chi connectivity index (χ4n) is 1.96. The first-order valence-corrected chi connectivity index (χ1v) is 6.48. The maximum atomic E-state index is 5.32. The average molecular weight is 287 g/mol. The van der Waals surface area contributed by atoms with E-state index >= 15 is 0 Å². The number of rotatable bonds is 3. The number of H-pyrrole nitrogens is 2. The highest BCUT2D eigenvalue weighted by Gasteiger charge is 2.10. The molecule has 20 heavy (non-hydrogen) atoms. The second kappa shape index (κ2) is 4.93. The van der Waals surface area contributed by atoms with Crippen molar-refractivity contribution in [2.75, 3.05) is 0 Å². The van der Waals surface area contributed by atoms with Crippen molar-refractivity contribution in [3.05, 3.63) is 46.2 Å². The predicted molar refractivity (Wildman–Crippen MR) is 78.4 cm³/mol. The third-order valence-corrected chi connectivity index (χ3v) is 3.16. The van der Waals surface area contributed by atoms with Crippen LogP contribution in [0.1, 0.15) is 17.0 Å². The van der Waals surface area contributed by atoms with E-state index in [0.29, 0.717) is 16.4 Å². The lowest BCUT2D eigenvalue weighted by Crippen LogP contribution is -1.94. The highest BCUT2D eigenvalue weighted by Crippen LogP contribution is 2.17. The molecule has 0 aliphatic heterocycles. The molecule has 0 bridgehead atoms. The van der Waals surface area contributed by atoms with Crippen LogP contribution in [-0.4, -0.2) is 26.1 Å². The Kier molecular flexibility index (Phi) is 3.11. The zero-order valence-electron chi connectivity index (χ0n) is 11.0. The number of nitrogens with one attached hydrogen (secondary N) is 2. The van der Waals surface area contributed by atoms with Crippen LogP contribution in [0.4, 0.5) is 0 Å². The molecule has 102 valence electrons. The van der Waals surface area contributed by atoms with Crippen LogP contribution in [0.15, 0.2) is 34.0 Å². The smallest absolute Gasteiger partial charge is 0.219 e. The monoisotopic (exact) mass is 287 g/mol. The van der Waals surface area contributed by atoms with Gasteiger partial charge < -0.3 is 9.40 Å². The largest absolute Gasteiger partial charge is 0.461 e. The van der Waals surface area contributed by atoms with Crippen molar-refractivity contribution in [2.45, 2.75) is 13.8 Å². The van der Waals surface area contributed by atoms with E-state index in [4.69, 9.17) is 16.6 Å². The summed E-state index contributed by atoms with van der Waals surface area (Å²) in [6.45, 7) is 4.00. The summed E-state index contributed by atoms with van der Waals surface area (Å²) < 4.78 is 7.28. The van der Waals surface area contributed by atoms with Crippen LogP contribution in [0.2, 0.25) is 0 Å². The van der Waals surface area contributed by atoms with Gasteiger partial charge in [0.2, 0.25) is 10.6 Å². The molecule has 7 heteroatoms. The lowest BCUT2D eigenvalue weighted by molar-refractivity contribution is 0.573. The maximum absolute atomic E-state index is 5.32. The summed E-state index contributed by atoms with van der Waals surface area (Å²) in [4.78, 5) is 3.23. The van der Waals surface area contributed by atoms with Gasteiger partial charge in [-0.1, -0.05) is 0 Å². The minimum absolute atomic E-state index is 0.414. The minimum atomic E-state index is 0.414. The van der Waals surface area contributed by atoms with Gasteiger partial charge in [-0.2, -0.15) is 9.78 Å². The molecule has 3 aromatic rings. The SMILES string of the molecule is Cc1cc(/C=N/n2c(-c3ccco3)n[nH]c2=S)c(C)[nH]1. The summed E-state index contributed by atoms with van der Waals surface area (Å²) in [6.07, 6.45) is 3.33. The van der Waals surface area contributed by atoms with Gasteiger partial charge in [0.15, 0.2) is 5.76 Å². The Morgan fingerprint density at radius 2 is 2.30 bits per heavy atom. The fraction of sp³-hybridized carbons (Fsp3) is 0.154. The van der Waals surface area contributed by atoms with Gasteiger partial charge in [0.25, 0.3) is 0 Å². The molecule has 0 saturated carbocycles. The molecule has 0 saturated heterocycles. The molecule has 0 aliphatic rings. The second-order valence-corrected chi connectivity index (χ2v) is 4.81. The van der Waals surface area contributed by atoms with E-state index in [0.717, 1.165) is 17.0 Å². The molecule has 3 aromatic heterocycles. The van der Waals surface area contributed by atoms with Gasteiger partial charge in [0, 0.05) is 17.0 Å². The summed E-state index contributed by atoms with van der Waals surface area (Å²) in [5.74, 6) is 1.15. The Balaban J connectivity index is 2.01. The minimum Gasteiger partial charge on any atom is -0.461 e. The topological polar surface area (TPSA) is 74.9 Å². The number of nitrogens with zero attached hydrogens (tertiary/aromatic N) is 3. The van der Waals surface area contributed by atoms with Crippen LogP contribution in [0.3, 0.4) is 0 Å². The van der Waals surface area contributed by atoms with Gasteiger partial charge >= 0.3 is 0 Å². The molecule has 0 fully saturated rings. The predicted octanol–water partition coefficient (Wildman–Crippen LogP) is 3.03. The Bertz CT molecular complexity index is 806. The molecular formula is C13H13N5OS. The molecule has 0 radical (unpaired) electrons. The van der Waals surface area contributed by atoms with Gasteiger partial charge in [-0.25, -0.2) is 5.10 Å². The van der Waals surface area contributed by atoms with E-state index in [1.165, 1.54) is 4.68 Å². The molecule has 3 rings (SSSR count). The normalized spacial score (nSPS) is 11.5. The van der Waals surface area contributed by atoms with E-state index in [1.54, 1.807) is 18.5 Å². The van der Waals surface area contributed by atoms with Crippen molar-refractivity contribution in [3.8, 4) is 11.6 Å². The van der Waals surface area contributed by atoms with Crippen LogP contribution >= 0.6 is 12.2 Å². The summed E-state index contributed by atoms with van der Waals surface area (Å²) in [5, 5.41) is 11.2. The van der Waals surface area contributed by atoms with E-state index in [9.17, 15) is 0 Å². The van der Waals surface area contributed by atoms with Crippen molar-refractivity contribution in [1.29, 1.82) is 0 Å².